The fourth-order valence-corrected chi connectivity index (χ4v) is 4.65. The number of thiazole rings is 1. The molecule has 0 radical (unpaired) electrons. The molecule has 9 heteroatoms. The number of aromatic nitrogens is 3. The van der Waals surface area contributed by atoms with E-state index in [4.69, 9.17) is 0 Å². The van der Waals surface area contributed by atoms with Gasteiger partial charge < -0.3 is 5.32 Å². The normalized spacial score (nSPS) is 18.1. The average Bonchev–Trinajstić information content (AvgIpc) is 3.08. The van der Waals surface area contributed by atoms with E-state index in [1.807, 2.05) is 12.1 Å². The van der Waals surface area contributed by atoms with Crippen LogP contribution in [-0.2, 0) is 4.79 Å². The number of nitrogens with zero attached hydrogens (tertiary/aromatic N) is 2. The van der Waals surface area contributed by atoms with Gasteiger partial charge in [0.25, 0.3) is 0 Å². The summed E-state index contributed by atoms with van der Waals surface area (Å²) in [5, 5.41) is 10.5. The van der Waals surface area contributed by atoms with Crippen LogP contribution in [0.3, 0.4) is 0 Å². The maximum atomic E-state index is 15.0. The van der Waals surface area contributed by atoms with Gasteiger partial charge in [-0.15, -0.1) is 0 Å². The van der Waals surface area contributed by atoms with Gasteiger partial charge in [-0.3, -0.25) is 14.7 Å². The highest BCUT2D eigenvalue weighted by Crippen LogP contribution is 2.39. The van der Waals surface area contributed by atoms with Crippen molar-refractivity contribution in [2.24, 2.45) is 5.92 Å². The quantitative estimate of drug-likeness (QED) is 0.460. The van der Waals surface area contributed by atoms with Crippen LogP contribution < -0.4 is 5.32 Å². The first-order chi connectivity index (χ1) is 14.3. The molecule has 1 aliphatic rings. The monoisotopic (exact) mass is 426 g/mol. The Balaban J connectivity index is 1.60. The van der Waals surface area contributed by atoms with Crippen LogP contribution in [0.15, 0.2) is 24.4 Å². The lowest BCUT2D eigenvalue weighted by Crippen LogP contribution is -2.14. The van der Waals surface area contributed by atoms with Gasteiger partial charge in [-0.25, -0.2) is 13.8 Å². The molecule has 2 aromatic heterocycles. The number of carbonyl (C=O) groups excluding carboxylic acids is 2. The number of hydrogen-bond acceptors (Lipinski definition) is 5. The van der Waals surface area contributed by atoms with Crippen LogP contribution in [0.2, 0.25) is 0 Å². The van der Waals surface area contributed by atoms with Crippen LogP contribution in [0.25, 0.3) is 32.2 Å². The first-order valence-electron chi connectivity index (χ1n) is 9.37. The number of aromatic amines is 1. The third-order valence-electron chi connectivity index (χ3n) is 5.39. The molecule has 4 aromatic rings. The number of Topliss-reactive ketones (excluding diaryl/α,β-unsaturated/α-hetero) is 1. The summed E-state index contributed by atoms with van der Waals surface area (Å²) in [4.78, 5) is 28.3. The van der Waals surface area contributed by atoms with Crippen LogP contribution in [-0.4, -0.2) is 33.0 Å². The number of ketones is 1. The van der Waals surface area contributed by atoms with E-state index < -0.39 is 17.9 Å². The summed E-state index contributed by atoms with van der Waals surface area (Å²) in [6.07, 6.45) is 0.761. The fourth-order valence-electron chi connectivity index (χ4n) is 3.74. The number of fused-ring (bicyclic) bond motifs is 2. The van der Waals surface area contributed by atoms with Gasteiger partial charge in [-0.2, -0.15) is 5.10 Å². The van der Waals surface area contributed by atoms with E-state index in [0.717, 1.165) is 10.3 Å². The van der Waals surface area contributed by atoms with Crippen molar-refractivity contribution in [3.63, 3.8) is 0 Å². The molecule has 2 heterocycles. The van der Waals surface area contributed by atoms with Crippen LogP contribution in [0.4, 0.5) is 13.9 Å². The van der Waals surface area contributed by atoms with Crippen molar-refractivity contribution in [1.82, 2.24) is 15.2 Å². The van der Waals surface area contributed by atoms with E-state index >= 15 is 4.39 Å². The van der Waals surface area contributed by atoms with Gasteiger partial charge in [0, 0.05) is 5.39 Å². The maximum absolute atomic E-state index is 15.0. The van der Waals surface area contributed by atoms with Crippen molar-refractivity contribution in [1.29, 1.82) is 0 Å². The molecule has 30 heavy (non-hydrogen) atoms. The number of alkyl halides is 1. The van der Waals surface area contributed by atoms with E-state index in [1.165, 1.54) is 18.3 Å². The number of halogens is 2. The molecule has 1 fully saturated rings. The molecular formula is C21H16F2N4O2S. The number of anilines is 1. The Morgan fingerprint density at radius 2 is 2.10 bits per heavy atom. The van der Waals surface area contributed by atoms with Gasteiger partial charge >= 0.3 is 0 Å². The Hall–Kier alpha value is -3.20. The highest BCUT2D eigenvalue weighted by molar-refractivity contribution is 7.22. The Morgan fingerprint density at radius 1 is 1.33 bits per heavy atom. The first-order valence-corrected chi connectivity index (χ1v) is 10.2. The molecule has 1 amide bonds. The zero-order valence-corrected chi connectivity index (χ0v) is 16.9. The minimum atomic E-state index is -1.07. The second kappa shape index (κ2) is 6.66. The molecule has 152 valence electrons. The van der Waals surface area contributed by atoms with Crippen molar-refractivity contribution < 1.29 is 18.4 Å². The lowest BCUT2D eigenvalue weighted by Gasteiger charge is -2.12. The van der Waals surface area contributed by atoms with Gasteiger partial charge in [0.2, 0.25) is 5.91 Å². The molecule has 1 aliphatic carbocycles. The number of rotatable bonds is 4. The third-order valence-corrected chi connectivity index (χ3v) is 6.32. The van der Waals surface area contributed by atoms with Gasteiger partial charge in [0.1, 0.15) is 12.0 Å². The number of carbonyl (C=O) groups is 2. The van der Waals surface area contributed by atoms with E-state index in [2.05, 4.69) is 20.5 Å². The zero-order valence-electron chi connectivity index (χ0n) is 16.0. The molecule has 0 saturated heterocycles. The van der Waals surface area contributed by atoms with E-state index in [9.17, 15) is 14.0 Å². The van der Waals surface area contributed by atoms with Gasteiger partial charge in [0.05, 0.1) is 33.4 Å². The minimum Gasteiger partial charge on any atom is -0.302 e. The summed E-state index contributed by atoms with van der Waals surface area (Å²) in [5.41, 5.74) is 2.78. The fraction of sp³-hybridized carbons (Fsp3) is 0.238. The molecule has 2 aromatic carbocycles. The van der Waals surface area contributed by atoms with E-state index in [-0.39, 0.29) is 23.7 Å². The summed E-state index contributed by atoms with van der Waals surface area (Å²) in [7, 11) is 0. The lowest BCUT2D eigenvalue weighted by molar-refractivity contribution is -0.117. The molecule has 6 nitrogen and oxygen atoms in total. The molecule has 0 unspecified atom stereocenters. The van der Waals surface area contributed by atoms with Crippen LogP contribution in [0, 0.1) is 18.7 Å². The Bertz CT molecular complexity index is 1360. The Morgan fingerprint density at radius 3 is 2.80 bits per heavy atom. The van der Waals surface area contributed by atoms with Crippen molar-refractivity contribution >= 4 is 49.3 Å². The summed E-state index contributed by atoms with van der Waals surface area (Å²) in [6.45, 7) is 2.96. The zero-order chi connectivity index (χ0) is 21.2. The standard InChI is InChI=1S/C21H16F2N4O2S/c1-8-16(12-7-24-27-19(12)17(9(2)28)18(8)23)10-3-4-14-15(5-10)30-21(25-14)26-20(29)11-6-13(11)22/h3-5,7,11,13H,6H2,1-2H3,(H,24,27)(H,25,26,29)/t11-,13+/m1/s1. The molecule has 2 N–H and O–H groups in total. The summed E-state index contributed by atoms with van der Waals surface area (Å²) >= 11 is 1.27. The smallest absolute Gasteiger partial charge is 0.232 e. The third kappa shape index (κ3) is 2.88. The topological polar surface area (TPSA) is 87.7 Å². The predicted octanol–water partition coefficient (Wildman–Crippen LogP) is 4.79. The molecule has 2 atom stereocenters. The maximum Gasteiger partial charge on any atom is 0.232 e. The SMILES string of the molecule is CC(=O)c1c(F)c(C)c(-c2ccc3nc(NC(=O)[C@@H]4C[C@@H]4F)sc3c2)c2cn[nH]c12. The van der Waals surface area contributed by atoms with Crippen molar-refractivity contribution in [3.8, 4) is 11.1 Å². The largest absolute Gasteiger partial charge is 0.302 e. The number of benzene rings is 2. The Kier molecular flexibility index (Phi) is 4.18. The van der Waals surface area contributed by atoms with Crippen molar-refractivity contribution in [2.45, 2.75) is 26.4 Å². The molecule has 1 saturated carbocycles. The van der Waals surface area contributed by atoms with Crippen LogP contribution in [0.1, 0.15) is 29.3 Å². The lowest BCUT2D eigenvalue weighted by atomic mass is 9.92. The van der Waals surface area contributed by atoms with Crippen molar-refractivity contribution in [3.05, 3.63) is 41.3 Å². The minimum absolute atomic E-state index is 0.00106. The van der Waals surface area contributed by atoms with Gasteiger partial charge in [-0.05, 0) is 49.1 Å². The number of nitrogens with one attached hydrogen (secondary N) is 2. The second-order valence-electron chi connectivity index (χ2n) is 7.45. The number of H-pyrrole nitrogens is 1. The highest BCUT2D eigenvalue weighted by Gasteiger charge is 2.43. The molecule has 0 bridgehead atoms. The first kappa shape index (κ1) is 18.8. The Labute approximate surface area is 173 Å². The molecule has 5 rings (SSSR count). The highest BCUT2D eigenvalue weighted by atomic mass is 32.1. The number of amides is 1. The van der Waals surface area contributed by atoms with Gasteiger partial charge in [-0.1, -0.05) is 17.4 Å². The van der Waals surface area contributed by atoms with Crippen molar-refractivity contribution in [2.75, 3.05) is 5.32 Å². The average molecular weight is 426 g/mol. The summed E-state index contributed by atoms with van der Waals surface area (Å²) in [5.74, 6) is -1.90. The van der Waals surface area contributed by atoms with Crippen LogP contribution >= 0.6 is 11.3 Å². The van der Waals surface area contributed by atoms with Gasteiger partial charge in [0.15, 0.2) is 10.9 Å². The summed E-state index contributed by atoms with van der Waals surface area (Å²) < 4.78 is 28.9. The summed E-state index contributed by atoms with van der Waals surface area (Å²) in [6, 6.07) is 5.46. The predicted molar refractivity (Wildman–Crippen MR) is 111 cm³/mol. The number of hydrogen-bond donors (Lipinski definition) is 2. The molecule has 0 aliphatic heterocycles. The van der Waals surface area contributed by atoms with E-state index in [1.54, 1.807) is 19.2 Å². The van der Waals surface area contributed by atoms with E-state index in [0.29, 0.717) is 32.7 Å². The molecule has 0 spiro atoms. The van der Waals surface area contributed by atoms with Crippen LogP contribution in [0.5, 0.6) is 0 Å². The molecular weight excluding hydrogens is 410 g/mol. The second-order valence-corrected chi connectivity index (χ2v) is 8.48.